The van der Waals surface area contributed by atoms with Crippen molar-refractivity contribution < 1.29 is 28.6 Å². The molecular weight excluding hydrogens is 577 g/mol. The molecule has 6 nitrogen and oxygen atoms in total. The first kappa shape index (κ1) is 33.0. The van der Waals surface area contributed by atoms with E-state index in [4.69, 9.17) is 50.9 Å². The summed E-state index contributed by atoms with van der Waals surface area (Å²) in [6, 6.07) is 9.62. The molecule has 0 aliphatic rings. The average molecular weight is 607 g/mol. The molecule has 0 fully saturated rings. The predicted molar refractivity (Wildman–Crippen MR) is 162 cm³/mol. The number of hydrogen-bond acceptors (Lipinski definition) is 12. The third kappa shape index (κ3) is 17.4. The summed E-state index contributed by atoms with van der Waals surface area (Å²) in [4.78, 5) is 35.3. The normalized spacial score (nSPS) is 10.4. The number of thiocarbonyl (C=S) groups is 3. The molecule has 0 heterocycles. The number of thioether (sulfide) groups is 3. The Labute approximate surface area is 241 Å². The largest absolute Gasteiger partial charge is 0.466 e. The Hall–Kier alpha value is -1.05. The lowest BCUT2D eigenvalue weighted by atomic mass is 10.2. The number of hydrogen-bond donors (Lipinski definition) is 0. The summed E-state index contributed by atoms with van der Waals surface area (Å²) in [6.45, 7) is 2.50. The van der Waals surface area contributed by atoms with Gasteiger partial charge >= 0.3 is 17.9 Å². The maximum absolute atomic E-state index is 11.9. The number of benzene rings is 1. The van der Waals surface area contributed by atoms with Crippen LogP contribution in [0.2, 0.25) is 0 Å². The Morgan fingerprint density at radius 2 is 1.19 bits per heavy atom. The minimum absolute atomic E-state index is 0.0160. The molecule has 0 bridgehead atoms. The van der Waals surface area contributed by atoms with Gasteiger partial charge in [0.25, 0.3) is 0 Å². The fraction of sp³-hybridized carbons (Fsp3) is 0.500. The lowest BCUT2D eigenvalue weighted by Crippen LogP contribution is -2.14. The molecule has 0 saturated heterocycles. The predicted octanol–water partition coefficient (Wildman–Crippen LogP) is 5.82. The van der Waals surface area contributed by atoms with Crippen LogP contribution in [-0.2, 0) is 28.6 Å². The van der Waals surface area contributed by atoms with E-state index in [1.807, 2.05) is 37.3 Å². The second-order valence-electron chi connectivity index (χ2n) is 7.09. The summed E-state index contributed by atoms with van der Waals surface area (Å²) in [5.74, 6) is 0.446. The van der Waals surface area contributed by atoms with E-state index < -0.39 is 5.97 Å². The van der Waals surface area contributed by atoms with Crippen molar-refractivity contribution in [3.05, 3.63) is 35.9 Å². The molecular formula is C24H30O6S6. The monoisotopic (exact) mass is 606 g/mol. The molecule has 36 heavy (non-hydrogen) atoms. The molecule has 0 radical (unpaired) electrons. The first-order valence-corrected chi connectivity index (χ1v) is 15.5. The number of rotatable bonds is 17. The van der Waals surface area contributed by atoms with Crippen molar-refractivity contribution in [1.29, 1.82) is 0 Å². The van der Waals surface area contributed by atoms with Crippen molar-refractivity contribution in [3.8, 4) is 0 Å². The van der Waals surface area contributed by atoms with Gasteiger partial charge in [-0.2, -0.15) is 0 Å². The molecule has 0 aliphatic carbocycles. The van der Waals surface area contributed by atoms with Crippen LogP contribution in [0.5, 0.6) is 0 Å². The summed E-state index contributed by atoms with van der Waals surface area (Å²) in [5.41, 5.74) is 0.960. The van der Waals surface area contributed by atoms with Crippen molar-refractivity contribution in [3.63, 3.8) is 0 Å². The molecule has 0 aromatic heterocycles. The topological polar surface area (TPSA) is 78.9 Å². The van der Waals surface area contributed by atoms with E-state index in [0.717, 1.165) is 22.6 Å². The van der Waals surface area contributed by atoms with Crippen LogP contribution in [0.15, 0.2) is 30.3 Å². The highest BCUT2D eigenvalue weighted by Gasteiger charge is 2.11. The number of ether oxygens (including phenoxy) is 3. The van der Waals surface area contributed by atoms with Gasteiger partial charge in [-0.25, -0.2) is 0 Å². The molecule has 0 spiro atoms. The highest BCUT2D eigenvalue weighted by molar-refractivity contribution is 8.24. The average Bonchev–Trinajstić information content (AvgIpc) is 2.87. The zero-order valence-corrected chi connectivity index (χ0v) is 25.0. The van der Waals surface area contributed by atoms with Crippen LogP contribution in [-0.4, -0.2) is 67.6 Å². The van der Waals surface area contributed by atoms with Gasteiger partial charge in [0.1, 0.15) is 13.2 Å². The number of unbranched alkanes of at least 4 members (excludes halogenated alkanes) is 1. The van der Waals surface area contributed by atoms with Gasteiger partial charge in [0, 0.05) is 17.3 Å². The quantitative estimate of drug-likeness (QED) is 0.0928. The van der Waals surface area contributed by atoms with Crippen LogP contribution in [0.1, 0.15) is 44.6 Å². The molecule has 0 N–H and O–H groups in total. The second-order valence-corrected chi connectivity index (χ2v) is 12.7. The van der Waals surface area contributed by atoms with Crippen LogP contribution >= 0.6 is 71.9 Å². The van der Waals surface area contributed by atoms with E-state index in [-0.39, 0.29) is 44.4 Å². The third-order valence-corrected chi connectivity index (χ3v) is 8.28. The third-order valence-electron chi connectivity index (χ3n) is 4.15. The zero-order chi connectivity index (χ0) is 26.6. The van der Waals surface area contributed by atoms with Crippen molar-refractivity contribution >= 4 is 102 Å². The smallest absolute Gasteiger partial charge is 0.307 e. The van der Waals surface area contributed by atoms with Gasteiger partial charge < -0.3 is 14.2 Å². The van der Waals surface area contributed by atoms with Crippen molar-refractivity contribution in [2.45, 2.75) is 39.0 Å². The summed E-state index contributed by atoms with van der Waals surface area (Å²) >= 11 is 19.7. The Morgan fingerprint density at radius 1 is 0.722 bits per heavy atom. The first-order chi connectivity index (χ1) is 17.3. The van der Waals surface area contributed by atoms with Crippen molar-refractivity contribution in [1.82, 2.24) is 0 Å². The molecule has 12 heteroatoms. The minimum atomic E-state index is -0.393. The lowest BCUT2D eigenvalue weighted by Gasteiger charge is -2.08. The molecule has 0 atom stereocenters. The summed E-state index contributed by atoms with van der Waals surface area (Å²) < 4.78 is 17.1. The number of carbonyl (C=O) groups is 3. The SMILES string of the molecule is CCCCOC(=O)CCSC(=S)COC(=O)CCSC(=S)COC(=O)CCSC(=S)c1ccccc1. The first-order valence-electron chi connectivity index (χ1n) is 11.3. The Morgan fingerprint density at radius 3 is 1.69 bits per heavy atom. The molecule has 0 aliphatic heterocycles. The summed E-state index contributed by atoms with van der Waals surface area (Å²) in [5, 5.41) is 0. The van der Waals surface area contributed by atoms with Gasteiger partial charge in [-0.3, -0.25) is 14.4 Å². The van der Waals surface area contributed by atoms with Crippen molar-refractivity contribution in [2.75, 3.05) is 37.1 Å². The van der Waals surface area contributed by atoms with E-state index in [0.29, 0.717) is 32.3 Å². The fourth-order valence-corrected chi connectivity index (χ4v) is 5.33. The molecule has 1 rings (SSSR count). The molecule has 1 aromatic carbocycles. The van der Waals surface area contributed by atoms with Crippen LogP contribution in [0.25, 0.3) is 0 Å². The zero-order valence-electron chi connectivity index (χ0n) is 20.1. The summed E-state index contributed by atoms with van der Waals surface area (Å²) in [7, 11) is 0. The van der Waals surface area contributed by atoms with Gasteiger partial charge in [0.15, 0.2) is 0 Å². The Bertz CT molecular complexity index is 877. The molecule has 0 saturated carbocycles. The highest BCUT2D eigenvalue weighted by atomic mass is 32.2. The van der Waals surface area contributed by atoms with Crippen LogP contribution in [0.4, 0.5) is 0 Å². The van der Waals surface area contributed by atoms with E-state index in [9.17, 15) is 14.4 Å². The Balaban J connectivity index is 2.04. The molecule has 0 unspecified atom stereocenters. The van der Waals surface area contributed by atoms with Gasteiger partial charge in [0.05, 0.1) is 38.5 Å². The highest BCUT2D eigenvalue weighted by Crippen LogP contribution is 2.15. The number of carbonyl (C=O) groups excluding carboxylic acids is 3. The Kier molecular flexibility index (Phi) is 19.2. The van der Waals surface area contributed by atoms with Crippen molar-refractivity contribution in [2.24, 2.45) is 0 Å². The van der Waals surface area contributed by atoms with Crippen LogP contribution < -0.4 is 0 Å². The van der Waals surface area contributed by atoms with Gasteiger partial charge in [0.2, 0.25) is 0 Å². The maximum Gasteiger partial charge on any atom is 0.307 e. The summed E-state index contributed by atoms with van der Waals surface area (Å²) in [6.07, 6.45) is 2.48. The van der Waals surface area contributed by atoms with E-state index in [1.165, 1.54) is 35.3 Å². The second kappa shape index (κ2) is 20.9. The number of esters is 3. The minimum Gasteiger partial charge on any atom is -0.466 e. The van der Waals surface area contributed by atoms with E-state index in [2.05, 4.69) is 0 Å². The van der Waals surface area contributed by atoms with E-state index >= 15 is 0 Å². The van der Waals surface area contributed by atoms with Crippen LogP contribution in [0, 0.1) is 0 Å². The molecule has 0 amide bonds. The van der Waals surface area contributed by atoms with E-state index in [1.54, 1.807) is 0 Å². The lowest BCUT2D eigenvalue weighted by molar-refractivity contribution is -0.143. The molecule has 1 aromatic rings. The standard InChI is InChI=1S/C24H30O6S6/c1-2-3-12-28-19(25)9-13-34-22(31)16-29-20(26)10-14-35-23(32)17-30-21(27)11-15-36-24(33)18-7-5-4-6-8-18/h4-8H,2-3,9-17H2,1H3. The fourth-order valence-electron chi connectivity index (χ4n) is 2.29. The van der Waals surface area contributed by atoms with Crippen LogP contribution in [0.3, 0.4) is 0 Å². The van der Waals surface area contributed by atoms with Gasteiger partial charge in [-0.1, -0.05) is 80.3 Å². The molecule has 198 valence electrons. The van der Waals surface area contributed by atoms with Gasteiger partial charge in [-0.15, -0.1) is 35.3 Å². The maximum atomic E-state index is 11.9. The van der Waals surface area contributed by atoms with Gasteiger partial charge in [-0.05, 0) is 12.0 Å².